The molecule has 7 nitrogen and oxygen atoms in total. The van der Waals surface area contributed by atoms with Crippen molar-refractivity contribution >= 4 is 16.8 Å². The predicted molar refractivity (Wildman–Crippen MR) is 117 cm³/mol. The third-order valence-electron chi connectivity index (χ3n) is 6.49. The van der Waals surface area contributed by atoms with Crippen molar-refractivity contribution in [3.8, 4) is 0 Å². The zero-order valence-electron chi connectivity index (χ0n) is 17.6. The van der Waals surface area contributed by atoms with Gasteiger partial charge in [0.05, 0.1) is 17.3 Å². The van der Waals surface area contributed by atoms with Gasteiger partial charge in [0.1, 0.15) is 0 Å². The fourth-order valence-corrected chi connectivity index (χ4v) is 4.73. The Hall–Kier alpha value is -2.77. The van der Waals surface area contributed by atoms with Crippen LogP contribution in [-0.4, -0.2) is 63.2 Å². The molecular weight excluding hydrogens is 392 g/mol. The minimum atomic E-state index is -0.304. The largest absolute Gasteiger partial charge is 0.393 e. The number of aliphatic hydroxyl groups excluding tert-OH is 1. The minimum Gasteiger partial charge on any atom is -0.393 e. The maximum Gasteiger partial charge on any atom is 0.292 e. The van der Waals surface area contributed by atoms with E-state index in [1.807, 2.05) is 18.3 Å². The number of hydrogen-bond acceptors (Lipinski definition) is 6. The molecule has 1 aromatic carbocycles. The Bertz CT molecular complexity index is 1060. The molecule has 4 heterocycles. The molecule has 1 unspecified atom stereocenters. The SMILES string of the molecule is O=C(c1cc(C2CCCN(Cc3ccc4ncccc4c3)C2)no1)N1CCC(O)CC1. The first kappa shape index (κ1) is 20.2. The van der Waals surface area contributed by atoms with Gasteiger partial charge in [-0.1, -0.05) is 17.3 Å². The van der Waals surface area contributed by atoms with E-state index in [0.29, 0.717) is 31.7 Å². The molecule has 1 amide bonds. The molecule has 2 aliphatic heterocycles. The highest BCUT2D eigenvalue weighted by atomic mass is 16.5. The van der Waals surface area contributed by atoms with Crippen molar-refractivity contribution in [2.75, 3.05) is 26.2 Å². The van der Waals surface area contributed by atoms with Crippen LogP contribution in [0, 0.1) is 0 Å². The molecule has 31 heavy (non-hydrogen) atoms. The second-order valence-corrected chi connectivity index (χ2v) is 8.74. The van der Waals surface area contributed by atoms with Crippen LogP contribution >= 0.6 is 0 Å². The number of likely N-dealkylation sites (tertiary alicyclic amines) is 2. The first-order valence-corrected chi connectivity index (χ1v) is 11.2. The van der Waals surface area contributed by atoms with Gasteiger partial charge >= 0.3 is 0 Å². The van der Waals surface area contributed by atoms with Crippen LogP contribution in [0.1, 0.15) is 53.4 Å². The number of aliphatic hydroxyl groups is 1. The van der Waals surface area contributed by atoms with Crippen molar-refractivity contribution in [3.05, 3.63) is 59.6 Å². The van der Waals surface area contributed by atoms with Gasteiger partial charge in [0, 0.05) is 49.7 Å². The Morgan fingerprint density at radius 2 is 2.00 bits per heavy atom. The number of piperidine rings is 2. The summed E-state index contributed by atoms with van der Waals surface area (Å²) in [5.74, 6) is 0.456. The highest BCUT2D eigenvalue weighted by Gasteiger charge is 2.28. The molecule has 7 heteroatoms. The topological polar surface area (TPSA) is 82.7 Å². The van der Waals surface area contributed by atoms with Crippen LogP contribution in [0.2, 0.25) is 0 Å². The minimum absolute atomic E-state index is 0.122. The summed E-state index contributed by atoms with van der Waals surface area (Å²) >= 11 is 0. The van der Waals surface area contributed by atoms with E-state index < -0.39 is 0 Å². The summed E-state index contributed by atoms with van der Waals surface area (Å²) in [6.45, 7) is 3.98. The fourth-order valence-electron chi connectivity index (χ4n) is 4.73. The summed E-state index contributed by atoms with van der Waals surface area (Å²) in [5.41, 5.74) is 3.17. The molecule has 0 spiro atoms. The molecule has 2 fully saturated rings. The molecule has 0 radical (unpaired) electrons. The van der Waals surface area contributed by atoms with Crippen LogP contribution in [0.15, 0.2) is 47.1 Å². The molecular formula is C24H28N4O3. The molecule has 162 valence electrons. The van der Waals surface area contributed by atoms with E-state index in [4.69, 9.17) is 4.52 Å². The van der Waals surface area contributed by atoms with Gasteiger partial charge in [0.2, 0.25) is 5.76 Å². The number of aromatic nitrogens is 2. The molecule has 2 saturated heterocycles. The van der Waals surface area contributed by atoms with Crippen LogP contribution in [0.25, 0.3) is 10.9 Å². The zero-order valence-corrected chi connectivity index (χ0v) is 17.6. The number of hydrogen-bond donors (Lipinski definition) is 1. The highest BCUT2D eigenvalue weighted by Crippen LogP contribution is 2.28. The lowest BCUT2D eigenvalue weighted by Gasteiger charge is -2.31. The van der Waals surface area contributed by atoms with Gasteiger partial charge in [-0.25, -0.2) is 0 Å². The summed E-state index contributed by atoms with van der Waals surface area (Å²) in [4.78, 5) is 21.3. The Morgan fingerprint density at radius 3 is 2.87 bits per heavy atom. The summed E-state index contributed by atoms with van der Waals surface area (Å²) in [5, 5.41) is 15.1. The third-order valence-corrected chi connectivity index (χ3v) is 6.49. The Kier molecular flexibility index (Phi) is 5.70. The average molecular weight is 421 g/mol. The third kappa shape index (κ3) is 4.48. The van der Waals surface area contributed by atoms with Crippen molar-refractivity contribution in [1.82, 2.24) is 19.9 Å². The fraction of sp³-hybridized carbons (Fsp3) is 0.458. The molecule has 2 aliphatic rings. The highest BCUT2D eigenvalue weighted by molar-refractivity contribution is 5.91. The number of benzene rings is 1. The smallest absolute Gasteiger partial charge is 0.292 e. The van der Waals surface area contributed by atoms with Crippen LogP contribution in [0.3, 0.4) is 0 Å². The lowest BCUT2D eigenvalue weighted by atomic mass is 9.94. The second-order valence-electron chi connectivity index (χ2n) is 8.74. The normalized spacial score (nSPS) is 20.9. The van der Waals surface area contributed by atoms with Gasteiger partial charge < -0.3 is 14.5 Å². The molecule has 2 aromatic heterocycles. The number of rotatable bonds is 4. The maximum atomic E-state index is 12.7. The lowest BCUT2D eigenvalue weighted by molar-refractivity contribution is 0.0512. The van der Waals surface area contributed by atoms with Crippen molar-refractivity contribution in [1.29, 1.82) is 0 Å². The number of pyridine rings is 1. The Labute approximate surface area is 181 Å². The standard InChI is InChI=1S/C24H28N4O3/c29-20-7-11-28(12-8-20)24(30)23-14-22(26-31-23)19-4-2-10-27(16-19)15-17-5-6-21-18(13-17)3-1-9-25-21/h1,3,5-6,9,13-14,19-20,29H,2,4,7-8,10-12,15-16H2. The van der Waals surface area contributed by atoms with E-state index in [1.165, 1.54) is 10.9 Å². The van der Waals surface area contributed by atoms with E-state index in [2.05, 4.69) is 39.3 Å². The number of amides is 1. The summed E-state index contributed by atoms with van der Waals surface area (Å²) in [6, 6.07) is 12.3. The monoisotopic (exact) mass is 420 g/mol. The van der Waals surface area contributed by atoms with E-state index in [9.17, 15) is 9.90 Å². The first-order chi connectivity index (χ1) is 15.2. The zero-order chi connectivity index (χ0) is 21.2. The molecule has 0 aliphatic carbocycles. The number of carbonyl (C=O) groups is 1. The molecule has 0 saturated carbocycles. The predicted octanol–water partition coefficient (Wildman–Crippen LogP) is 3.20. The quantitative estimate of drug-likeness (QED) is 0.698. The molecule has 1 atom stereocenters. The van der Waals surface area contributed by atoms with Gasteiger partial charge in [-0.15, -0.1) is 0 Å². The molecule has 1 N–H and O–H groups in total. The van der Waals surface area contributed by atoms with E-state index in [-0.39, 0.29) is 17.9 Å². The van der Waals surface area contributed by atoms with E-state index in [1.54, 1.807) is 4.90 Å². The van der Waals surface area contributed by atoms with Crippen LogP contribution in [0.5, 0.6) is 0 Å². The van der Waals surface area contributed by atoms with Crippen molar-refractivity contribution in [2.24, 2.45) is 0 Å². The average Bonchev–Trinajstić information content (AvgIpc) is 3.30. The summed E-state index contributed by atoms with van der Waals surface area (Å²) in [7, 11) is 0. The number of nitrogens with zero attached hydrogens (tertiary/aromatic N) is 4. The van der Waals surface area contributed by atoms with Gasteiger partial charge in [-0.3, -0.25) is 14.7 Å². The Balaban J connectivity index is 1.23. The molecule has 3 aromatic rings. The molecule has 5 rings (SSSR count). The lowest BCUT2D eigenvalue weighted by Crippen LogP contribution is -2.39. The van der Waals surface area contributed by atoms with Crippen LogP contribution in [-0.2, 0) is 6.54 Å². The maximum absolute atomic E-state index is 12.7. The number of carbonyl (C=O) groups excluding carboxylic acids is 1. The van der Waals surface area contributed by atoms with Crippen molar-refractivity contribution in [3.63, 3.8) is 0 Å². The summed E-state index contributed by atoms with van der Waals surface area (Å²) < 4.78 is 5.43. The van der Waals surface area contributed by atoms with Gasteiger partial charge in [0.15, 0.2) is 0 Å². The van der Waals surface area contributed by atoms with Crippen molar-refractivity contribution in [2.45, 2.75) is 44.2 Å². The Morgan fingerprint density at radius 1 is 1.13 bits per heavy atom. The molecule has 0 bridgehead atoms. The van der Waals surface area contributed by atoms with Gasteiger partial charge in [-0.2, -0.15) is 0 Å². The first-order valence-electron chi connectivity index (χ1n) is 11.2. The van der Waals surface area contributed by atoms with Gasteiger partial charge in [0.25, 0.3) is 5.91 Å². The second kappa shape index (κ2) is 8.77. The van der Waals surface area contributed by atoms with Crippen molar-refractivity contribution < 1.29 is 14.4 Å². The van der Waals surface area contributed by atoms with E-state index >= 15 is 0 Å². The van der Waals surface area contributed by atoms with Crippen LogP contribution < -0.4 is 0 Å². The van der Waals surface area contributed by atoms with Gasteiger partial charge in [-0.05, 0) is 56.0 Å². The summed E-state index contributed by atoms with van der Waals surface area (Å²) in [6.07, 6.45) is 4.91. The number of fused-ring (bicyclic) bond motifs is 1. The van der Waals surface area contributed by atoms with Crippen LogP contribution in [0.4, 0.5) is 0 Å². The van der Waals surface area contributed by atoms with E-state index in [0.717, 1.165) is 43.7 Å².